The summed E-state index contributed by atoms with van der Waals surface area (Å²) >= 11 is 0. The molecule has 0 aromatic heterocycles. The summed E-state index contributed by atoms with van der Waals surface area (Å²) in [6.07, 6.45) is 6.02. The van der Waals surface area contributed by atoms with E-state index in [1.165, 1.54) is 25.7 Å². The average molecular weight is 371 g/mol. The van der Waals surface area contributed by atoms with Crippen molar-refractivity contribution in [3.63, 3.8) is 0 Å². The quantitative estimate of drug-likeness (QED) is 0.544. The minimum Gasteiger partial charge on any atom is -0.497 e. The van der Waals surface area contributed by atoms with Gasteiger partial charge in [0.1, 0.15) is 17.2 Å². The lowest BCUT2D eigenvalue weighted by Gasteiger charge is -2.12. The zero-order valence-corrected chi connectivity index (χ0v) is 16.4. The SMILES string of the molecule is CCCCCCCOc1ccc(C(=O)Nc2cc(OC)ccc2OC)cc1. The van der Waals surface area contributed by atoms with E-state index in [9.17, 15) is 4.79 Å². The standard InChI is InChI=1S/C22H29NO4/c1-4-5-6-7-8-15-27-18-11-9-17(10-12-18)22(24)23-20-16-19(25-2)13-14-21(20)26-3/h9-14,16H,4-8,15H2,1-3H3,(H,23,24). The highest BCUT2D eigenvalue weighted by Crippen LogP contribution is 2.29. The van der Waals surface area contributed by atoms with Gasteiger partial charge < -0.3 is 19.5 Å². The van der Waals surface area contributed by atoms with E-state index in [0.29, 0.717) is 29.4 Å². The zero-order valence-electron chi connectivity index (χ0n) is 16.4. The molecule has 0 aliphatic rings. The summed E-state index contributed by atoms with van der Waals surface area (Å²) < 4.78 is 16.2. The first-order chi connectivity index (χ1) is 13.2. The van der Waals surface area contributed by atoms with Crippen molar-refractivity contribution in [1.29, 1.82) is 0 Å². The van der Waals surface area contributed by atoms with Gasteiger partial charge in [-0.3, -0.25) is 4.79 Å². The lowest BCUT2D eigenvalue weighted by atomic mass is 10.1. The van der Waals surface area contributed by atoms with Crippen molar-refractivity contribution in [2.24, 2.45) is 0 Å². The number of rotatable bonds is 11. The van der Waals surface area contributed by atoms with Crippen LogP contribution in [0, 0.1) is 0 Å². The summed E-state index contributed by atoms with van der Waals surface area (Å²) in [6, 6.07) is 12.4. The highest BCUT2D eigenvalue weighted by Gasteiger charge is 2.11. The molecular weight excluding hydrogens is 342 g/mol. The Balaban J connectivity index is 1.90. The minimum atomic E-state index is -0.215. The number of carbonyl (C=O) groups excluding carboxylic acids is 1. The molecule has 2 aromatic carbocycles. The largest absolute Gasteiger partial charge is 0.497 e. The smallest absolute Gasteiger partial charge is 0.255 e. The lowest BCUT2D eigenvalue weighted by Crippen LogP contribution is -2.12. The number of ether oxygens (including phenoxy) is 3. The van der Waals surface area contributed by atoms with E-state index in [2.05, 4.69) is 12.2 Å². The van der Waals surface area contributed by atoms with Gasteiger partial charge in [-0.1, -0.05) is 32.6 Å². The van der Waals surface area contributed by atoms with Crippen LogP contribution in [0.15, 0.2) is 42.5 Å². The molecule has 2 rings (SSSR count). The Kier molecular flexibility index (Phi) is 8.49. The van der Waals surface area contributed by atoms with Crippen LogP contribution in [0.1, 0.15) is 49.4 Å². The zero-order chi connectivity index (χ0) is 19.5. The summed E-state index contributed by atoms with van der Waals surface area (Å²) in [7, 11) is 3.14. The fourth-order valence-corrected chi connectivity index (χ4v) is 2.70. The van der Waals surface area contributed by atoms with Crippen LogP contribution in [0.5, 0.6) is 17.2 Å². The first kappa shape index (κ1) is 20.6. The minimum absolute atomic E-state index is 0.215. The van der Waals surface area contributed by atoms with Gasteiger partial charge in [0.2, 0.25) is 0 Å². The third-order valence-corrected chi connectivity index (χ3v) is 4.29. The average Bonchev–Trinajstić information content (AvgIpc) is 2.71. The van der Waals surface area contributed by atoms with Crippen LogP contribution in [0.2, 0.25) is 0 Å². The number of nitrogens with one attached hydrogen (secondary N) is 1. The molecule has 0 atom stereocenters. The molecule has 5 heteroatoms. The predicted molar refractivity (Wildman–Crippen MR) is 108 cm³/mol. The van der Waals surface area contributed by atoms with Gasteiger partial charge in [-0.25, -0.2) is 0 Å². The first-order valence-corrected chi connectivity index (χ1v) is 9.44. The van der Waals surface area contributed by atoms with Crippen LogP contribution in [-0.2, 0) is 0 Å². The van der Waals surface area contributed by atoms with E-state index in [-0.39, 0.29) is 5.91 Å². The van der Waals surface area contributed by atoms with E-state index in [0.717, 1.165) is 12.2 Å². The van der Waals surface area contributed by atoms with Crippen molar-refractivity contribution in [1.82, 2.24) is 0 Å². The highest BCUT2D eigenvalue weighted by molar-refractivity contribution is 6.05. The van der Waals surface area contributed by atoms with Crippen molar-refractivity contribution in [3.8, 4) is 17.2 Å². The van der Waals surface area contributed by atoms with Gasteiger partial charge in [-0.15, -0.1) is 0 Å². The molecule has 1 N–H and O–H groups in total. The number of carbonyl (C=O) groups is 1. The maximum Gasteiger partial charge on any atom is 0.255 e. The van der Waals surface area contributed by atoms with Crippen molar-refractivity contribution in [2.45, 2.75) is 39.0 Å². The van der Waals surface area contributed by atoms with Gasteiger partial charge in [0.15, 0.2) is 0 Å². The Labute approximate surface area is 161 Å². The van der Waals surface area contributed by atoms with Gasteiger partial charge in [0.05, 0.1) is 26.5 Å². The van der Waals surface area contributed by atoms with Crippen LogP contribution in [0.4, 0.5) is 5.69 Å². The summed E-state index contributed by atoms with van der Waals surface area (Å²) in [6.45, 7) is 2.91. The van der Waals surface area contributed by atoms with Crippen LogP contribution in [0.25, 0.3) is 0 Å². The molecular formula is C22H29NO4. The van der Waals surface area contributed by atoms with E-state index in [4.69, 9.17) is 14.2 Å². The molecule has 0 heterocycles. The Morgan fingerprint density at radius 3 is 2.26 bits per heavy atom. The van der Waals surface area contributed by atoms with Gasteiger partial charge in [0, 0.05) is 11.6 Å². The molecule has 0 aliphatic heterocycles. The van der Waals surface area contributed by atoms with E-state index in [1.54, 1.807) is 44.6 Å². The summed E-state index contributed by atoms with van der Waals surface area (Å²) in [5, 5.41) is 2.86. The topological polar surface area (TPSA) is 56.8 Å². The third kappa shape index (κ3) is 6.51. The van der Waals surface area contributed by atoms with Gasteiger partial charge >= 0.3 is 0 Å². The second-order valence-electron chi connectivity index (χ2n) is 6.31. The maximum atomic E-state index is 12.5. The highest BCUT2D eigenvalue weighted by atomic mass is 16.5. The molecule has 2 aromatic rings. The lowest BCUT2D eigenvalue weighted by molar-refractivity contribution is 0.102. The third-order valence-electron chi connectivity index (χ3n) is 4.29. The predicted octanol–water partition coefficient (Wildman–Crippen LogP) is 5.31. The number of hydrogen-bond donors (Lipinski definition) is 1. The number of benzene rings is 2. The molecule has 0 saturated heterocycles. The maximum absolute atomic E-state index is 12.5. The number of methoxy groups -OCH3 is 2. The van der Waals surface area contributed by atoms with Crippen LogP contribution >= 0.6 is 0 Å². The van der Waals surface area contributed by atoms with Crippen molar-refractivity contribution in [3.05, 3.63) is 48.0 Å². The van der Waals surface area contributed by atoms with Gasteiger partial charge in [-0.2, -0.15) is 0 Å². The van der Waals surface area contributed by atoms with E-state index in [1.807, 2.05) is 12.1 Å². The van der Waals surface area contributed by atoms with Crippen molar-refractivity contribution in [2.75, 3.05) is 26.1 Å². The molecule has 27 heavy (non-hydrogen) atoms. The monoisotopic (exact) mass is 371 g/mol. The Bertz CT molecular complexity index is 713. The van der Waals surface area contributed by atoms with E-state index >= 15 is 0 Å². The fourth-order valence-electron chi connectivity index (χ4n) is 2.70. The Hall–Kier alpha value is -2.69. The number of anilines is 1. The Morgan fingerprint density at radius 2 is 1.59 bits per heavy atom. The fraction of sp³-hybridized carbons (Fsp3) is 0.409. The number of amides is 1. The number of unbranched alkanes of at least 4 members (excludes halogenated alkanes) is 4. The molecule has 0 saturated carbocycles. The number of hydrogen-bond acceptors (Lipinski definition) is 4. The summed E-state index contributed by atoms with van der Waals surface area (Å²) in [4.78, 5) is 12.5. The second kappa shape index (κ2) is 11.1. The van der Waals surface area contributed by atoms with Gasteiger partial charge in [0.25, 0.3) is 5.91 Å². The van der Waals surface area contributed by atoms with Crippen molar-refractivity contribution < 1.29 is 19.0 Å². The molecule has 0 radical (unpaired) electrons. The molecule has 0 aliphatic carbocycles. The van der Waals surface area contributed by atoms with Crippen LogP contribution in [0.3, 0.4) is 0 Å². The molecule has 0 bridgehead atoms. The second-order valence-corrected chi connectivity index (χ2v) is 6.31. The summed E-state index contributed by atoms with van der Waals surface area (Å²) in [5.74, 6) is 1.79. The molecule has 146 valence electrons. The molecule has 0 fully saturated rings. The van der Waals surface area contributed by atoms with Gasteiger partial charge in [-0.05, 0) is 42.8 Å². The molecule has 5 nitrogen and oxygen atoms in total. The Morgan fingerprint density at radius 1 is 0.889 bits per heavy atom. The first-order valence-electron chi connectivity index (χ1n) is 9.44. The molecule has 0 spiro atoms. The van der Waals surface area contributed by atoms with Crippen LogP contribution in [-0.4, -0.2) is 26.7 Å². The normalized spacial score (nSPS) is 10.3. The van der Waals surface area contributed by atoms with E-state index < -0.39 is 0 Å². The molecule has 0 unspecified atom stereocenters. The molecule has 1 amide bonds. The van der Waals surface area contributed by atoms with Crippen molar-refractivity contribution >= 4 is 11.6 Å². The van der Waals surface area contributed by atoms with Crippen LogP contribution < -0.4 is 19.5 Å². The summed E-state index contributed by atoms with van der Waals surface area (Å²) in [5.41, 5.74) is 1.12.